The van der Waals surface area contributed by atoms with Crippen molar-refractivity contribution in [3.05, 3.63) is 21.4 Å². The van der Waals surface area contributed by atoms with Crippen LogP contribution in [0.25, 0.3) is 0 Å². The summed E-state index contributed by atoms with van der Waals surface area (Å²) in [4.78, 5) is 2.72. The molecule has 0 fully saturated rings. The van der Waals surface area contributed by atoms with Crippen molar-refractivity contribution < 1.29 is 5.11 Å². The van der Waals surface area contributed by atoms with Crippen molar-refractivity contribution in [3.8, 4) is 0 Å². The number of nitrogens with one attached hydrogen (secondary N) is 1. The van der Waals surface area contributed by atoms with E-state index in [1.807, 2.05) is 25.2 Å². The number of aliphatic hydroxyl groups is 1. The molecule has 0 radical (unpaired) electrons. The predicted molar refractivity (Wildman–Crippen MR) is 71.1 cm³/mol. The molecule has 0 bridgehead atoms. The third-order valence-corrected chi connectivity index (χ3v) is 4.08. The molecule has 1 aromatic heterocycles. The Hall–Kier alpha value is -0.380. The minimum atomic E-state index is -0.604. The Morgan fingerprint density at radius 1 is 1.50 bits per heavy atom. The van der Waals surface area contributed by atoms with Gasteiger partial charge in [0.2, 0.25) is 0 Å². The lowest BCUT2D eigenvalue weighted by Crippen LogP contribution is -2.38. The van der Waals surface area contributed by atoms with Gasteiger partial charge in [0.05, 0.1) is 5.60 Å². The van der Waals surface area contributed by atoms with Crippen LogP contribution in [0, 0.1) is 13.8 Å². The molecule has 0 aliphatic carbocycles. The lowest BCUT2D eigenvalue weighted by Gasteiger charge is -2.24. The van der Waals surface area contributed by atoms with Gasteiger partial charge in [0.1, 0.15) is 0 Å². The molecule has 1 aromatic rings. The lowest BCUT2D eigenvalue weighted by atomic mass is 10.0. The highest BCUT2D eigenvalue weighted by Gasteiger charge is 2.19. The average molecular weight is 241 g/mol. The van der Waals surface area contributed by atoms with Crippen LogP contribution >= 0.6 is 11.3 Å². The Morgan fingerprint density at radius 2 is 2.12 bits per heavy atom. The minimum Gasteiger partial charge on any atom is -0.389 e. The fraction of sp³-hybridized carbons (Fsp3) is 0.692. The SMILES string of the molecule is CCC(C)(O)CNC(C)c1cc(C)sc1C. The second kappa shape index (κ2) is 5.30. The maximum Gasteiger partial charge on any atom is 0.0741 e. The molecule has 16 heavy (non-hydrogen) atoms. The van der Waals surface area contributed by atoms with Crippen LogP contribution in [-0.2, 0) is 0 Å². The standard InChI is InChI=1S/C13H23NOS/c1-6-13(5,15)8-14-10(3)12-7-9(2)16-11(12)4/h7,10,14-15H,6,8H2,1-5H3. The molecule has 92 valence electrons. The van der Waals surface area contributed by atoms with E-state index in [9.17, 15) is 5.11 Å². The largest absolute Gasteiger partial charge is 0.389 e. The molecule has 2 unspecified atom stereocenters. The average Bonchev–Trinajstić information content (AvgIpc) is 2.54. The summed E-state index contributed by atoms with van der Waals surface area (Å²) >= 11 is 1.83. The topological polar surface area (TPSA) is 32.3 Å². The van der Waals surface area contributed by atoms with Crippen LogP contribution in [0.3, 0.4) is 0 Å². The second-order valence-electron chi connectivity index (χ2n) is 4.82. The number of hydrogen-bond donors (Lipinski definition) is 2. The van der Waals surface area contributed by atoms with Gasteiger partial charge >= 0.3 is 0 Å². The van der Waals surface area contributed by atoms with Crippen LogP contribution in [0.4, 0.5) is 0 Å². The molecule has 3 heteroatoms. The van der Waals surface area contributed by atoms with E-state index >= 15 is 0 Å². The van der Waals surface area contributed by atoms with Crippen LogP contribution in [0.1, 0.15) is 48.6 Å². The summed E-state index contributed by atoms with van der Waals surface area (Å²) in [6, 6.07) is 2.54. The zero-order chi connectivity index (χ0) is 12.3. The Kier molecular flexibility index (Phi) is 4.53. The van der Waals surface area contributed by atoms with Crippen LogP contribution in [-0.4, -0.2) is 17.3 Å². The predicted octanol–water partition coefficient (Wildman–Crippen LogP) is 3.18. The molecular weight excluding hydrogens is 218 g/mol. The maximum atomic E-state index is 9.93. The van der Waals surface area contributed by atoms with Gasteiger partial charge in [-0.1, -0.05) is 6.92 Å². The van der Waals surface area contributed by atoms with Gasteiger partial charge in [-0.15, -0.1) is 11.3 Å². The molecule has 1 rings (SSSR count). The normalized spacial score (nSPS) is 17.1. The monoisotopic (exact) mass is 241 g/mol. The summed E-state index contributed by atoms with van der Waals surface area (Å²) < 4.78 is 0. The Bertz CT molecular complexity index is 344. The van der Waals surface area contributed by atoms with E-state index in [4.69, 9.17) is 0 Å². The molecule has 2 nitrogen and oxygen atoms in total. The number of hydrogen-bond acceptors (Lipinski definition) is 3. The maximum absolute atomic E-state index is 9.93. The molecular formula is C13H23NOS. The fourth-order valence-electron chi connectivity index (χ4n) is 1.69. The molecule has 0 spiro atoms. The molecule has 0 saturated heterocycles. The third-order valence-electron chi connectivity index (χ3n) is 3.10. The Morgan fingerprint density at radius 3 is 2.56 bits per heavy atom. The smallest absolute Gasteiger partial charge is 0.0741 e. The minimum absolute atomic E-state index is 0.308. The molecule has 2 N–H and O–H groups in total. The van der Waals surface area contributed by atoms with Crippen molar-refractivity contribution in [2.75, 3.05) is 6.54 Å². The van der Waals surface area contributed by atoms with E-state index in [2.05, 4.69) is 32.2 Å². The second-order valence-corrected chi connectivity index (χ2v) is 6.28. The lowest BCUT2D eigenvalue weighted by molar-refractivity contribution is 0.0533. The summed E-state index contributed by atoms with van der Waals surface area (Å²) in [5.41, 5.74) is 0.752. The molecule has 0 saturated carbocycles. The van der Waals surface area contributed by atoms with Crippen molar-refractivity contribution in [3.63, 3.8) is 0 Å². The molecule has 1 heterocycles. The van der Waals surface area contributed by atoms with E-state index in [0.717, 1.165) is 6.42 Å². The first-order chi connectivity index (χ1) is 7.35. The fourth-order valence-corrected chi connectivity index (χ4v) is 2.71. The van der Waals surface area contributed by atoms with Gasteiger partial charge in [0.25, 0.3) is 0 Å². The number of rotatable bonds is 5. The van der Waals surface area contributed by atoms with Gasteiger partial charge in [-0.05, 0) is 45.7 Å². The van der Waals surface area contributed by atoms with Gasteiger partial charge in [-0.25, -0.2) is 0 Å². The van der Waals surface area contributed by atoms with Crippen molar-refractivity contribution in [1.82, 2.24) is 5.32 Å². The molecule has 0 aliphatic heterocycles. The first-order valence-electron chi connectivity index (χ1n) is 5.88. The van der Waals surface area contributed by atoms with Crippen LogP contribution in [0.15, 0.2) is 6.07 Å². The van der Waals surface area contributed by atoms with E-state index in [1.165, 1.54) is 15.3 Å². The van der Waals surface area contributed by atoms with Crippen LogP contribution < -0.4 is 5.32 Å². The van der Waals surface area contributed by atoms with E-state index in [1.54, 1.807) is 0 Å². The van der Waals surface area contributed by atoms with E-state index in [-0.39, 0.29) is 0 Å². The van der Waals surface area contributed by atoms with Gasteiger partial charge in [-0.2, -0.15) is 0 Å². The third kappa shape index (κ3) is 3.58. The quantitative estimate of drug-likeness (QED) is 0.830. The zero-order valence-electron chi connectivity index (χ0n) is 10.9. The van der Waals surface area contributed by atoms with Crippen LogP contribution in [0.5, 0.6) is 0 Å². The van der Waals surface area contributed by atoms with Crippen LogP contribution in [0.2, 0.25) is 0 Å². The highest BCUT2D eigenvalue weighted by atomic mass is 32.1. The molecule has 0 amide bonds. The van der Waals surface area contributed by atoms with E-state index in [0.29, 0.717) is 12.6 Å². The van der Waals surface area contributed by atoms with Gasteiger partial charge < -0.3 is 10.4 Å². The first-order valence-corrected chi connectivity index (χ1v) is 6.70. The highest BCUT2D eigenvalue weighted by molar-refractivity contribution is 7.12. The summed E-state index contributed by atoms with van der Waals surface area (Å²) in [7, 11) is 0. The van der Waals surface area contributed by atoms with Crippen molar-refractivity contribution in [2.45, 2.75) is 52.7 Å². The Balaban J connectivity index is 2.59. The Labute approximate surface area is 103 Å². The van der Waals surface area contributed by atoms with Crippen molar-refractivity contribution in [1.29, 1.82) is 0 Å². The van der Waals surface area contributed by atoms with Gasteiger partial charge in [0, 0.05) is 22.3 Å². The number of aryl methyl sites for hydroxylation is 2. The summed E-state index contributed by atoms with van der Waals surface area (Å²) in [6.45, 7) is 11.0. The zero-order valence-corrected chi connectivity index (χ0v) is 11.7. The van der Waals surface area contributed by atoms with Gasteiger partial charge in [-0.3, -0.25) is 0 Å². The highest BCUT2D eigenvalue weighted by Crippen LogP contribution is 2.26. The van der Waals surface area contributed by atoms with Crippen molar-refractivity contribution >= 4 is 11.3 Å². The summed E-state index contributed by atoms with van der Waals surface area (Å²) in [6.07, 6.45) is 0.772. The molecule has 0 aromatic carbocycles. The first kappa shape index (κ1) is 13.7. The molecule has 0 aliphatic rings. The summed E-state index contributed by atoms with van der Waals surface area (Å²) in [5.74, 6) is 0. The number of thiophene rings is 1. The van der Waals surface area contributed by atoms with Crippen molar-refractivity contribution in [2.24, 2.45) is 0 Å². The van der Waals surface area contributed by atoms with E-state index < -0.39 is 5.60 Å². The molecule has 2 atom stereocenters. The summed E-state index contributed by atoms with van der Waals surface area (Å²) in [5, 5.41) is 13.3. The van der Waals surface area contributed by atoms with Gasteiger partial charge in [0.15, 0.2) is 0 Å².